The molecule has 3 fully saturated rings. The van der Waals surface area contributed by atoms with Crippen molar-refractivity contribution in [2.75, 3.05) is 6.54 Å². The smallest absolute Gasteiger partial charge is 0.220 e. The molecular weight excluding hydrogens is 260 g/mol. The summed E-state index contributed by atoms with van der Waals surface area (Å²) in [5.41, 5.74) is 6.10. The minimum absolute atomic E-state index is 0.0940. The van der Waals surface area contributed by atoms with Crippen LogP contribution in [0.3, 0.4) is 0 Å². The van der Waals surface area contributed by atoms with Gasteiger partial charge in [-0.1, -0.05) is 25.7 Å². The van der Waals surface area contributed by atoms with Crippen molar-refractivity contribution in [1.82, 2.24) is 5.32 Å². The molecule has 4 unspecified atom stereocenters. The fourth-order valence-corrected chi connectivity index (χ4v) is 5.41. The first-order valence-corrected chi connectivity index (χ1v) is 9.11. The molecule has 3 rings (SSSR count). The van der Waals surface area contributed by atoms with Crippen LogP contribution in [0.15, 0.2) is 0 Å². The molecule has 3 nitrogen and oxygen atoms in total. The van der Waals surface area contributed by atoms with Crippen molar-refractivity contribution in [2.24, 2.45) is 28.9 Å². The summed E-state index contributed by atoms with van der Waals surface area (Å²) >= 11 is 0. The molecule has 120 valence electrons. The molecule has 3 aliphatic rings. The minimum atomic E-state index is 0.0940. The van der Waals surface area contributed by atoms with E-state index in [1.165, 1.54) is 44.9 Å². The first kappa shape index (κ1) is 15.3. The fourth-order valence-electron chi connectivity index (χ4n) is 5.41. The number of nitrogens with one attached hydrogen (secondary N) is 1. The van der Waals surface area contributed by atoms with Gasteiger partial charge in [-0.15, -0.1) is 0 Å². The highest BCUT2D eigenvalue weighted by atomic mass is 16.1. The predicted octanol–water partition coefficient (Wildman–Crippen LogP) is 3.23. The lowest BCUT2D eigenvalue weighted by atomic mass is 9.71. The molecule has 0 radical (unpaired) electrons. The molecular formula is C18H32N2O. The Bertz CT molecular complexity index is 375. The van der Waals surface area contributed by atoms with Crippen LogP contribution in [-0.2, 0) is 4.79 Å². The van der Waals surface area contributed by atoms with Crippen molar-refractivity contribution in [3.8, 4) is 0 Å². The number of hydrogen-bond donors (Lipinski definition) is 2. The highest BCUT2D eigenvalue weighted by Gasteiger charge is 2.42. The number of rotatable bonds is 5. The molecule has 0 aromatic carbocycles. The molecule has 0 heterocycles. The Morgan fingerprint density at radius 2 is 2.00 bits per heavy atom. The fraction of sp³-hybridized carbons (Fsp3) is 0.944. The predicted molar refractivity (Wildman–Crippen MR) is 85.7 cm³/mol. The second kappa shape index (κ2) is 6.28. The zero-order valence-electron chi connectivity index (χ0n) is 13.6. The average molecular weight is 292 g/mol. The van der Waals surface area contributed by atoms with Crippen LogP contribution in [0.2, 0.25) is 0 Å². The largest absolute Gasteiger partial charge is 0.353 e. The summed E-state index contributed by atoms with van der Waals surface area (Å²) in [5, 5.41) is 3.32. The minimum Gasteiger partial charge on any atom is -0.353 e. The van der Waals surface area contributed by atoms with E-state index in [-0.39, 0.29) is 11.3 Å². The molecule has 0 aromatic heterocycles. The molecule has 2 bridgehead atoms. The Kier molecular flexibility index (Phi) is 4.58. The molecule has 0 aliphatic heterocycles. The van der Waals surface area contributed by atoms with Gasteiger partial charge in [0.05, 0.1) is 0 Å². The van der Waals surface area contributed by atoms with Gasteiger partial charge in [0.15, 0.2) is 0 Å². The van der Waals surface area contributed by atoms with E-state index in [0.717, 1.165) is 30.6 Å². The highest BCUT2D eigenvalue weighted by molar-refractivity contribution is 5.77. The van der Waals surface area contributed by atoms with Crippen LogP contribution in [-0.4, -0.2) is 18.5 Å². The summed E-state index contributed by atoms with van der Waals surface area (Å²) in [5.74, 6) is 2.81. The monoisotopic (exact) mass is 292 g/mol. The average Bonchev–Trinajstić information content (AvgIpc) is 3.10. The summed E-state index contributed by atoms with van der Waals surface area (Å²) in [4.78, 5) is 12.5. The van der Waals surface area contributed by atoms with Crippen LogP contribution >= 0.6 is 0 Å². The second-order valence-corrected chi connectivity index (χ2v) is 8.14. The van der Waals surface area contributed by atoms with E-state index in [4.69, 9.17) is 5.73 Å². The molecule has 3 N–H and O–H groups in total. The number of fused-ring (bicyclic) bond motifs is 2. The maximum absolute atomic E-state index is 12.5. The van der Waals surface area contributed by atoms with Gasteiger partial charge < -0.3 is 11.1 Å². The lowest BCUT2D eigenvalue weighted by Gasteiger charge is -2.36. The number of amides is 1. The Hall–Kier alpha value is -0.570. The Morgan fingerprint density at radius 1 is 1.24 bits per heavy atom. The molecule has 0 saturated heterocycles. The zero-order chi connectivity index (χ0) is 14.9. The van der Waals surface area contributed by atoms with Crippen LogP contribution < -0.4 is 11.1 Å². The molecule has 21 heavy (non-hydrogen) atoms. The Labute approximate surface area is 129 Å². The van der Waals surface area contributed by atoms with Gasteiger partial charge in [-0.2, -0.15) is 0 Å². The van der Waals surface area contributed by atoms with Gasteiger partial charge in [0.1, 0.15) is 0 Å². The van der Waals surface area contributed by atoms with E-state index in [1.54, 1.807) is 0 Å². The van der Waals surface area contributed by atoms with Crippen LogP contribution in [0.25, 0.3) is 0 Å². The SMILES string of the molecule is CC(NC(=O)CC1(CN)CCCCC1)C1CC2CCC1C2. The number of nitrogens with two attached hydrogens (primary N) is 1. The van der Waals surface area contributed by atoms with Gasteiger partial charge in [-0.3, -0.25) is 4.79 Å². The van der Waals surface area contributed by atoms with Crippen molar-refractivity contribution in [1.29, 1.82) is 0 Å². The van der Waals surface area contributed by atoms with E-state index in [2.05, 4.69) is 12.2 Å². The molecule has 3 aliphatic carbocycles. The van der Waals surface area contributed by atoms with Gasteiger partial charge in [-0.25, -0.2) is 0 Å². The van der Waals surface area contributed by atoms with E-state index in [1.807, 2.05) is 0 Å². The first-order chi connectivity index (χ1) is 10.1. The van der Waals surface area contributed by atoms with Crippen LogP contribution in [0.5, 0.6) is 0 Å². The van der Waals surface area contributed by atoms with Crippen molar-refractivity contribution in [2.45, 2.75) is 77.2 Å². The second-order valence-electron chi connectivity index (χ2n) is 8.14. The van der Waals surface area contributed by atoms with Gasteiger partial charge in [0.25, 0.3) is 0 Å². The van der Waals surface area contributed by atoms with E-state index < -0.39 is 0 Å². The maximum atomic E-state index is 12.5. The number of hydrogen-bond acceptors (Lipinski definition) is 2. The summed E-state index contributed by atoms with van der Waals surface area (Å²) in [6, 6.07) is 0.353. The first-order valence-electron chi connectivity index (χ1n) is 9.11. The topological polar surface area (TPSA) is 55.1 Å². The summed E-state index contributed by atoms with van der Waals surface area (Å²) < 4.78 is 0. The third-order valence-electron chi connectivity index (χ3n) is 6.71. The van der Waals surface area contributed by atoms with Crippen molar-refractivity contribution < 1.29 is 4.79 Å². The van der Waals surface area contributed by atoms with Gasteiger partial charge in [0.2, 0.25) is 5.91 Å². The molecule has 0 spiro atoms. The van der Waals surface area contributed by atoms with Gasteiger partial charge in [-0.05, 0) is 68.7 Å². The third-order valence-corrected chi connectivity index (χ3v) is 6.71. The Morgan fingerprint density at radius 3 is 2.57 bits per heavy atom. The lowest BCUT2D eigenvalue weighted by Crippen LogP contribution is -2.44. The molecule has 4 atom stereocenters. The highest BCUT2D eigenvalue weighted by Crippen LogP contribution is 2.49. The van der Waals surface area contributed by atoms with Gasteiger partial charge >= 0.3 is 0 Å². The summed E-state index contributed by atoms with van der Waals surface area (Å²) in [6.07, 6.45) is 12.3. The molecule has 3 saturated carbocycles. The zero-order valence-corrected chi connectivity index (χ0v) is 13.6. The summed E-state index contributed by atoms with van der Waals surface area (Å²) in [7, 11) is 0. The number of carbonyl (C=O) groups excluding carboxylic acids is 1. The molecule has 3 heteroatoms. The van der Waals surface area contributed by atoms with E-state index in [9.17, 15) is 4.79 Å². The van der Waals surface area contributed by atoms with Crippen LogP contribution in [0.1, 0.15) is 71.1 Å². The van der Waals surface area contributed by atoms with E-state index >= 15 is 0 Å². The van der Waals surface area contributed by atoms with Crippen molar-refractivity contribution in [3.63, 3.8) is 0 Å². The van der Waals surface area contributed by atoms with Gasteiger partial charge in [0, 0.05) is 12.5 Å². The quantitative estimate of drug-likeness (QED) is 0.817. The van der Waals surface area contributed by atoms with E-state index in [0.29, 0.717) is 19.0 Å². The molecule has 0 aromatic rings. The lowest BCUT2D eigenvalue weighted by molar-refractivity contribution is -0.125. The third kappa shape index (κ3) is 3.28. The Balaban J connectivity index is 1.51. The summed E-state index contributed by atoms with van der Waals surface area (Å²) in [6.45, 7) is 2.89. The van der Waals surface area contributed by atoms with Crippen molar-refractivity contribution >= 4 is 5.91 Å². The normalized spacial score (nSPS) is 35.6. The van der Waals surface area contributed by atoms with Crippen LogP contribution in [0.4, 0.5) is 0 Å². The number of carbonyl (C=O) groups is 1. The standard InChI is InChI=1S/C18H32N2O/c1-13(16-10-14-5-6-15(16)9-14)20-17(21)11-18(12-19)7-3-2-4-8-18/h13-16H,2-12,19H2,1H3,(H,20,21). The maximum Gasteiger partial charge on any atom is 0.220 e. The van der Waals surface area contributed by atoms with Crippen LogP contribution in [0, 0.1) is 23.2 Å². The van der Waals surface area contributed by atoms with Crippen molar-refractivity contribution in [3.05, 3.63) is 0 Å². The molecule has 1 amide bonds.